The number of amides is 2. The van der Waals surface area contributed by atoms with Gasteiger partial charge in [-0.05, 0) is 48.9 Å². The van der Waals surface area contributed by atoms with Crippen LogP contribution in [-0.2, 0) is 14.3 Å². The minimum atomic E-state index is -1.05. The minimum Gasteiger partial charge on any atom is -0.480 e. The van der Waals surface area contributed by atoms with Gasteiger partial charge in [-0.1, -0.05) is 48.5 Å². The lowest BCUT2D eigenvalue weighted by Gasteiger charge is -2.27. The van der Waals surface area contributed by atoms with Crippen LogP contribution in [0.4, 0.5) is 4.79 Å². The number of likely N-dealkylation sites (N-methyl/N-ethyl adjacent to an activating group) is 1. The van der Waals surface area contributed by atoms with Crippen molar-refractivity contribution in [1.82, 2.24) is 10.2 Å². The number of carbonyl (C=O) groups excluding carboxylic acids is 2. The Balaban J connectivity index is 1.38. The molecule has 0 radical (unpaired) electrons. The molecule has 32 heavy (non-hydrogen) atoms. The molecule has 1 saturated carbocycles. The summed E-state index contributed by atoms with van der Waals surface area (Å²) >= 11 is 0. The maximum absolute atomic E-state index is 12.7. The summed E-state index contributed by atoms with van der Waals surface area (Å²) in [4.78, 5) is 37.8. The van der Waals surface area contributed by atoms with Gasteiger partial charge in [0.15, 0.2) is 0 Å². The zero-order valence-electron chi connectivity index (χ0n) is 18.3. The molecule has 2 aliphatic rings. The fourth-order valence-corrected chi connectivity index (χ4v) is 4.54. The summed E-state index contributed by atoms with van der Waals surface area (Å²) in [6.07, 6.45) is 0.860. The maximum Gasteiger partial charge on any atom is 0.407 e. The van der Waals surface area contributed by atoms with Gasteiger partial charge in [0.1, 0.15) is 12.6 Å². The smallest absolute Gasteiger partial charge is 0.407 e. The highest BCUT2D eigenvalue weighted by atomic mass is 16.5. The van der Waals surface area contributed by atoms with Crippen LogP contribution in [0.15, 0.2) is 48.5 Å². The van der Waals surface area contributed by atoms with Crippen molar-refractivity contribution in [3.8, 4) is 11.1 Å². The summed E-state index contributed by atoms with van der Waals surface area (Å²) in [5.41, 5.74) is 3.95. The zero-order chi connectivity index (χ0) is 22.9. The quantitative estimate of drug-likeness (QED) is 0.657. The maximum atomic E-state index is 12.7. The van der Waals surface area contributed by atoms with Crippen LogP contribution in [0.1, 0.15) is 50.2 Å². The molecule has 7 nitrogen and oxygen atoms in total. The first-order valence-electron chi connectivity index (χ1n) is 11.0. The Bertz CT molecular complexity index is 1000. The van der Waals surface area contributed by atoms with Gasteiger partial charge in [-0.3, -0.25) is 4.79 Å². The van der Waals surface area contributed by atoms with E-state index in [4.69, 9.17) is 4.74 Å². The van der Waals surface area contributed by atoms with Gasteiger partial charge in [0, 0.05) is 12.5 Å². The van der Waals surface area contributed by atoms with Crippen LogP contribution < -0.4 is 5.32 Å². The zero-order valence-corrected chi connectivity index (χ0v) is 18.3. The van der Waals surface area contributed by atoms with Gasteiger partial charge in [0.2, 0.25) is 5.91 Å². The summed E-state index contributed by atoms with van der Waals surface area (Å²) in [6.45, 7) is 3.74. The SMILES string of the molecule is CCN(C(=O)CC1(NC(=O)OCC2c3ccccc3-c3ccccc32)CC1)C(C)C(=O)O. The van der Waals surface area contributed by atoms with Gasteiger partial charge in [-0.2, -0.15) is 0 Å². The minimum absolute atomic E-state index is 0.0306. The number of carboxylic acids is 1. The van der Waals surface area contributed by atoms with Gasteiger partial charge >= 0.3 is 12.1 Å². The number of carboxylic acid groups (broad SMARTS) is 1. The predicted molar refractivity (Wildman–Crippen MR) is 119 cm³/mol. The van der Waals surface area contributed by atoms with E-state index >= 15 is 0 Å². The second kappa shape index (κ2) is 8.65. The first-order chi connectivity index (χ1) is 15.3. The third kappa shape index (κ3) is 4.20. The third-order valence-corrected chi connectivity index (χ3v) is 6.54. The van der Waals surface area contributed by atoms with E-state index < -0.39 is 23.6 Å². The molecule has 1 atom stereocenters. The molecule has 0 saturated heterocycles. The number of nitrogens with zero attached hydrogens (tertiary/aromatic N) is 1. The normalized spacial score (nSPS) is 16.4. The molecule has 4 rings (SSSR count). The molecule has 2 N–H and O–H groups in total. The van der Waals surface area contributed by atoms with Crippen LogP contribution in [0.5, 0.6) is 0 Å². The van der Waals surface area contributed by atoms with Crippen molar-refractivity contribution in [2.75, 3.05) is 13.2 Å². The van der Waals surface area contributed by atoms with E-state index in [0.29, 0.717) is 19.4 Å². The van der Waals surface area contributed by atoms with E-state index in [1.54, 1.807) is 6.92 Å². The fraction of sp³-hybridized carbons (Fsp3) is 0.400. The molecule has 0 spiro atoms. The Morgan fingerprint density at radius 2 is 1.66 bits per heavy atom. The molecule has 1 fully saturated rings. The van der Waals surface area contributed by atoms with Crippen molar-refractivity contribution in [3.05, 3.63) is 59.7 Å². The van der Waals surface area contributed by atoms with Crippen molar-refractivity contribution in [2.45, 2.75) is 50.6 Å². The molecule has 0 heterocycles. The van der Waals surface area contributed by atoms with E-state index in [0.717, 1.165) is 22.3 Å². The van der Waals surface area contributed by atoms with Crippen molar-refractivity contribution >= 4 is 18.0 Å². The Labute approximate surface area is 187 Å². The highest BCUT2D eigenvalue weighted by Crippen LogP contribution is 2.44. The Kier molecular flexibility index (Phi) is 5.91. The lowest BCUT2D eigenvalue weighted by molar-refractivity contribution is -0.149. The predicted octanol–water partition coefficient (Wildman–Crippen LogP) is 3.77. The highest BCUT2D eigenvalue weighted by molar-refractivity contribution is 5.85. The summed E-state index contributed by atoms with van der Waals surface area (Å²) in [5, 5.41) is 12.1. The first-order valence-corrected chi connectivity index (χ1v) is 11.0. The number of benzene rings is 2. The average Bonchev–Trinajstić information content (AvgIpc) is 3.44. The van der Waals surface area contributed by atoms with E-state index in [1.165, 1.54) is 11.8 Å². The molecule has 0 bridgehead atoms. The molecule has 2 aliphatic carbocycles. The summed E-state index contributed by atoms with van der Waals surface area (Å²) in [5.74, 6) is -1.36. The van der Waals surface area contributed by atoms with Crippen LogP contribution in [-0.4, -0.2) is 52.7 Å². The number of fused-ring (bicyclic) bond motifs is 3. The molecule has 2 aromatic carbocycles. The molecule has 168 valence electrons. The van der Waals surface area contributed by atoms with Crippen LogP contribution in [0.25, 0.3) is 11.1 Å². The van der Waals surface area contributed by atoms with E-state index in [2.05, 4.69) is 29.6 Å². The Hall–Kier alpha value is -3.35. The van der Waals surface area contributed by atoms with Gasteiger partial charge < -0.3 is 20.1 Å². The van der Waals surface area contributed by atoms with Gasteiger partial charge in [0.05, 0.1) is 12.0 Å². The van der Waals surface area contributed by atoms with E-state index in [9.17, 15) is 19.5 Å². The standard InChI is InChI=1S/C25H28N2O5/c1-3-27(16(2)23(29)30)22(28)14-25(12-13-25)26-24(31)32-15-21-19-10-6-4-8-17(19)18-9-5-7-11-20(18)21/h4-11,16,21H,3,12-15H2,1-2H3,(H,26,31)(H,29,30). The number of rotatable bonds is 8. The van der Waals surface area contributed by atoms with Crippen molar-refractivity contribution < 1.29 is 24.2 Å². The van der Waals surface area contributed by atoms with Crippen LogP contribution in [0.2, 0.25) is 0 Å². The molecule has 7 heteroatoms. The van der Waals surface area contributed by atoms with Crippen LogP contribution >= 0.6 is 0 Å². The summed E-state index contributed by atoms with van der Waals surface area (Å²) in [6, 6.07) is 15.4. The highest BCUT2D eigenvalue weighted by Gasteiger charge is 2.47. The van der Waals surface area contributed by atoms with Gasteiger partial charge in [0.25, 0.3) is 0 Å². The number of ether oxygens (including phenoxy) is 1. The molecular weight excluding hydrogens is 408 g/mol. The molecule has 0 aromatic heterocycles. The lowest BCUT2D eigenvalue weighted by atomic mass is 9.98. The van der Waals surface area contributed by atoms with Crippen LogP contribution in [0, 0.1) is 0 Å². The topological polar surface area (TPSA) is 95.9 Å². The van der Waals surface area contributed by atoms with Crippen molar-refractivity contribution in [2.24, 2.45) is 0 Å². The van der Waals surface area contributed by atoms with Crippen LogP contribution in [0.3, 0.4) is 0 Å². The van der Waals surface area contributed by atoms with E-state index in [-0.39, 0.29) is 24.9 Å². The number of aliphatic carboxylic acids is 1. The average molecular weight is 437 g/mol. The Morgan fingerprint density at radius 1 is 1.09 bits per heavy atom. The summed E-state index contributed by atoms with van der Waals surface area (Å²) in [7, 11) is 0. The Morgan fingerprint density at radius 3 is 2.16 bits per heavy atom. The van der Waals surface area contributed by atoms with Gasteiger partial charge in [-0.25, -0.2) is 9.59 Å². The summed E-state index contributed by atoms with van der Waals surface area (Å²) < 4.78 is 5.60. The molecular formula is C25H28N2O5. The van der Waals surface area contributed by atoms with Crippen molar-refractivity contribution in [3.63, 3.8) is 0 Å². The first kappa shape index (κ1) is 21.9. The molecule has 2 amide bonds. The number of nitrogens with one attached hydrogen (secondary N) is 1. The molecule has 2 aromatic rings. The lowest BCUT2D eigenvalue weighted by Crippen LogP contribution is -2.47. The number of carbonyl (C=O) groups is 3. The third-order valence-electron chi connectivity index (χ3n) is 6.54. The van der Waals surface area contributed by atoms with Gasteiger partial charge in [-0.15, -0.1) is 0 Å². The molecule has 1 unspecified atom stereocenters. The monoisotopic (exact) mass is 436 g/mol. The second-order valence-electron chi connectivity index (χ2n) is 8.60. The molecule has 0 aliphatic heterocycles. The fourth-order valence-electron chi connectivity index (χ4n) is 4.54. The number of hydrogen-bond donors (Lipinski definition) is 2. The van der Waals surface area contributed by atoms with E-state index in [1.807, 2.05) is 24.3 Å². The number of alkyl carbamates (subject to hydrolysis) is 1. The number of hydrogen-bond acceptors (Lipinski definition) is 4. The van der Waals surface area contributed by atoms with Crippen molar-refractivity contribution in [1.29, 1.82) is 0 Å². The largest absolute Gasteiger partial charge is 0.480 e. The second-order valence-corrected chi connectivity index (χ2v) is 8.60.